The van der Waals surface area contributed by atoms with Crippen LogP contribution in [0.2, 0.25) is 0 Å². The third-order valence-electron chi connectivity index (χ3n) is 5.23. The maximum Gasteiger partial charge on any atom is 0.456 e. The van der Waals surface area contributed by atoms with Crippen LogP contribution < -0.4 is 0 Å². The Hall–Kier alpha value is -3.40. The summed E-state index contributed by atoms with van der Waals surface area (Å²) in [4.78, 5) is 38.9. The van der Waals surface area contributed by atoms with Crippen molar-refractivity contribution in [2.45, 2.75) is 24.8 Å². The zero-order valence-corrected chi connectivity index (χ0v) is 15.9. The topological polar surface area (TPSA) is 103 Å². The third-order valence-corrected chi connectivity index (χ3v) is 5.23. The highest BCUT2D eigenvalue weighted by molar-refractivity contribution is 6.27. The van der Waals surface area contributed by atoms with Gasteiger partial charge >= 0.3 is 17.9 Å². The van der Waals surface area contributed by atoms with Crippen LogP contribution in [-0.4, -0.2) is 41.2 Å². The van der Waals surface area contributed by atoms with Crippen LogP contribution in [-0.2, 0) is 14.3 Å². The van der Waals surface area contributed by atoms with Crippen molar-refractivity contribution >= 4 is 17.5 Å². The number of ketones is 2. The summed E-state index contributed by atoms with van der Waals surface area (Å²) in [5.41, 5.74) is -0.749. The first-order valence-corrected chi connectivity index (χ1v) is 9.22. The molecule has 0 unspecified atom stereocenters. The lowest BCUT2D eigenvalue weighted by atomic mass is 9.70. The van der Waals surface area contributed by atoms with Crippen molar-refractivity contribution in [3.8, 4) is 0 Å². The van der Waals surface area contributed by atoms with E-state index < -0.39 is 52.7 Å². The number of ether oxygens (including phenoxy) is 2. The maximum absolute atomic E-state index is 14.0. The molecule has 162 valence electrons. The molecule has 1 aliphatic heterocycles. The first-order chi connectivity index (χ1) is 14.6. The van der Waals surface area contributed by atoms with Crippen LogP contribution in [0.25, 0.3) is 0 Å². The van der Waals surface area contributed by atoms with E-state index in [2.05, 4.69) is 0 Å². The lowest BCUT2D eigenvalue weighted by Gasteiger charge is -2.44. The number of carbonyl (C=O) groups is 3. The molecule has 0 saturated carbocycles. The van der Waals surface area contributed by atoms with E-state index in [4.69, 9.17) is 13.9 Å². The van der Waals surface area contributed by atoms with Gasteiger partial charge < -0.3 is 19.0 Å². The van der Waals surface area contributed by atoms with Crippen molar-refractivity contribution in [2.24, 2.45) is 5.92 Å². The zero-order chi connectivity index (χ0) is 22.6. The van der Waals surface area contributed by atoms with Gasteiger partial charge in [0.15, 0.2) is 11.5 Å². The van der Waals surface area contributed by atoms with Crippen LogP contribution in [0.4, 0.5) is 13.2 Å². The summed E-state index contributed by atoms with van der Waals surface area (Å²) >= 11 is 0. The number of benzene rings is 1. The predicted octanol–water partition coefficient (Wildman–Crippen LogP) is 3.16. The number of alkyl halides is 3. The molecule has 1 N–H and O–H groups in total. The summed E-state index contributed by atoms with van der Waals surface area (Å²) in [5, 5.41) is 10.6. The van der Waals surface area contributed by atoms with Gasteiger partial charge in [0.05, 0.1) is 24.4 Å². The van der Waals surface area contributed by atoms with E-state index in [0.29, 0.717) is 0 Å². The molecule has 0 bridgehead atoms. The molecular formula is C21H15F3O7. The van der Waals surface area contributed by atoms with Gasteiger partial charge in [0.2, 0.25) is 5.78 Å². The lowest BCUT2D eigenvalue weighted by molar-refractivity contribution is -0.375. The quantitative estimate of drug-likeness (QED) is 0.738. The highest BCUT2D eigenvalue weighted by atomic mass is 19.4. The Labute approximate surface area is 173 Å². The average molecular weight is 436 g/mol. The van der Waals surface area contributed by atoms with Crippen molar-refractivity contribution < 1.29 is 46.6 Å². The monoisotopic (exact) mass is 436 g/mol. The van der Waals surface area contributed by atoms with E-state index in [-0.39, 0.29) is 23.5 Å². The van der Waals surface area contributed by atoms with Crippen LogP contribution in [0.15, 0.2) is 58.4 Å². The van der Waals surface area contributed by atoms with Crippen molar-refractivity contribution in [2.75, 3.05) is 6.61 Å². The van der Waals surface area contributed by atoms with Gasteiger partial charge in [-0.05, 0) is 19.1 Å². The van der Waals surface area contributed by atoms with E-state index >= 15 is 0 Å². The second-order valence-corrected chi connectivity index (χ2v) is 6.97. The third kappa shape index (κ3) is 2.97. The van der Waals surface area contributed by atoms with Crippen molar-refractivity contribution in [3.63, 3.8) is 0 Å². The molecule has 1 aliphatic carbocycles. The number of esters is 1. The van der Waals surface area contributed by atoms with Gasteiger partial charge in [-0.2, -0.15) is 13.2 Å². The average Bonchev–Trinajstić information content (AvgIpc) is 3.25. The smallest absolute Gasteiger partial charge is 0.456 e. The van der Waals surface area contributed by atoms with Crippen molar-refractivity contribution in [1.29, 1.82) is 0 Å². The molecule has 0 radical (unpaired) electrons. The Morgan fingerprint density at radius 2 is 1.77 bits per heavy atom. The molecular weight excluding hydrogens is 421 g/mol. The summed E-state index contributed by atoms with van der Waals surface area (Å²) in [6.07, 6.45) is -4.39. The highest BCUT2D eigenvalue weighted by Crippen LogP contribution is 2.54. The van der Waals surface area contributed by atoms with E-state index in [9.17, 15) is 32.7 Å². The molecule has 0 spiro atoms. The van der Waals surface area contributed by atoms with Gasteiger partial charge in [-0.3, -0.25) is 14.4 Å². The minimum Gasteiger partial charge on any atom is -0.469 e. The van der Waals surface area contributed by atoms with Gasteiger partial charge in [0, 0.05) is 11.1 Å². The molecule has 1 aromatic carbocycles. The number of hydrogen-bond donors (Lipinski definition) is 1. The molecule has 0 saturated heterocycles. The van der Waals surface area contributed by atoms with E-state index in [1.807, 2.05) is 0 Å². The second kappa shape index (κ2) is 7.09. The lowest BCUT2D eigenvalue weighted by Crippen LogP contribution is -2.61. The van der Waals surface area contributed by atoms with Gasteiger partial charge in [-0.15, -0.1) is 0 Å². The Kier molecular flexibility index (Phi) is 4.77. The van der Waals surface area contributed by atoms with Gasteiger partial charge in [0.25, 0.3) is 0 Å². The fourth-order valence-corrected chi connectivity index (χ4v) is 3.90. The molecule has 10 heteroatoms. The zero-order valence-electron chi connectivity index (χ0n) is 15.9. The number of fused-ring (bicyclic) bond motifs is 1. The molecule has 7 nitrogen and oxygen atoms in total. The number of aliphatic hydroxyl groups is 1. The van der Waals surface area contributed by atoms with Crippen LogP contribution >= 0.6 is 0 Å². The fourth-order valence-electron chi connectivity index (χ4n) is 3.90. The van der Waals surface area contributed by atoms with E-state index in [1.165, 1.54) is 43.3 Å². The number of allylic oxidation sites excluding steroid dienone is 2. The molecule has 0 fully saturated rings. The van der Waals surface area contributed by atoms with Crippen LogP contribution in [0.5, 0.6) is 0 Å². The maximum atomic E-state index is 14.0. The number of furan rings is 1. The predicted molar refractivity (Wildman–Crippen MR) is 95.8 cm³/mol. The SMILES string of the molecule is CCOC(=O)[C@H]1[C@H](c2ccco2)C2=C(O[C@]1(O)C(F)(F)F)C(=O)c1ccccc1C2=O. The summed E-state index contributed by atoms with van der Waals surface area (Å²) < 4.78 is 56.9. The molecule has 4 rings (SSSR count). The number of hydrogen-bond acceptors (Lipinski definition) is 7. The van der Waals surface area contributed by atoms with E-state index in [1.54, 1.807) is 0 Å². The number of halogens is 3. The van der Waals surface area contributed by atoms with Crippen LogP contribution in [0.3, 0.4) is 0 Å². The van der Waals surface area contributed by atoms with Crippen molar-refractivity contribution in [1.82, 2.24) is 0 Å². The molecule has 2 aliphatic rings. The molecule has 2 heterocycles. The molecule has 0 amide bonds. The van der Waals surface area contributed by atoms with Gasteiger partial charge in [-0.1, -0.05) is 24.3 Å². The molecule has 3 atom stereocenters. The minimum absolute atomic E-state index is 0.0635. The largest absolute Gasteiger partial charge is 0.469 e. The van der Waals surface area contributed by atoms with E-state index in [0.717, 1.165) is 6.26 Å². The highest BCUT2D eigenvalue weighted by Gasteiger charge is 2.71. The number of rotatable bonds is 3. The molecule has 31 heavy (non-hydrogen) atoms. The Balaban J connectivity index is 2.03. The Morgan fingerprint density at radius 3 is 2.32 bits per heavy atom. The summed E-state index contributed by atoms with van der Waals surface area (Å²) in [6, 6.07) is 8.08. The first-order valence-electron chi connectivity index (χ1n) is 9.22. The van der Waals surface area contributed by atoms with Crippen molar-refractivity contribution in [3.05, 3.63) is 70.9 Å². The minimum atomic E-state index is -5.52. The second-order valence-electron chi connectivity index (χ2n) is 6.97. The number of carbonyl (C=O) groups excluding carboxylic acids is 3. The Morgan fingerprint density at radius 1 is 1.13 bits per heavy atom. The van der Waals surface area contributed by atoms with Gasteiger partial charge in [-0.25, -0.2) is 0 Å². The summed E-state index contributed by atoms with van der Waals surface area (Å²) in [6.45, 7) is 1.07. The molecule has 1 aromatic heterocycles. The van der Waals surface area contributed by atoms with Gasteiger partial charge in [0.1, 0.15) is 11.7 Å². The van der Waals surface area contributed by atoms with Crippen LogP contribution in [0, 0.1) is 5.92 Å². The standard InChI is InChI=1S/C21H15F3O7/c1-2-29-19(27)15-13(12-8-5-9-30-12)14-16(25)10-6-3-4-7-11(10)17(26)18(14)31-20(15,28)21(22,23)24/h3-9,13,15,28H,2H2,1H3/t13-,15-,20+/m1/s1. The Bertz CT molecular complexity index is 1100. The summed E-state index contributed by atoms with van der Waals surface area (Å²) in [7, 11) is 0. The number of Topliss-reactive ketones (excluding diaryl/α,β-unsaturated/α-hetero) is 2. The fraction of sp³-hybridized carbons (Fsp3) is 0.286. The normalized spacial score (nSPS) is 25.6. The summed E-state index contributed by atoms with van der Waals surface area (Å²) in [5.74, 6) is -12.9. The first kappa shape index (κ1) is 20.9. The molecule has 2 aromatic rings. The van der Waals surface area contributed by atoms with Crippen LogP contribution in [0.1, 0.15) is 39.3 Å².